The van der Waals surface area contributed by atoms with Crippen LogP contribution in [-0.4, -0.2) is 103 Å². The molecule has 3 aliphatic heterocycles. The van der Waals surface area contributed by atoms with Crippen molar-refractivity contribution in [2.75, 3.05) is 67.9 Å². The third-order valence-corrected chi connectivity index (χ3v) is 9.12. The minimum Gasteiger partial charge on any atom is -0.494 e. The molecule has 1 aromatic carbocycles. The Hall–Kier alpha value is -4.11. The minimum absolute atomic E-state index is 0.102. The van der Waals surface area contributed by atoms with Gasteiger partial charge >= 0.3 is 12.2 Å². The molecule has 250 valence electrons. The number of ether oxygens (including phenoxy) is 2. The van der Waals surface area contributed by atoms with E-state index in [2.05, 4.69) is 37.0 Å². The van der Waals surface area contributed by atoms with E-state index in [9.17, 15) is 22.8 Å². The van der Waals surface area contributed by atoms with E-state index in [1.165, 1.54) is 24.3 Å². The Morgan fingerprint density at radius 3 is 2.59 bits per heavy atom. The zero-order valence-electron chi connectivity index (χ0n) is 26.8. The van der Waals surface area contributed by atoms with Gasteiger partial charge in [-0.25, -0.2) is 9.78 Å². The van der Waals surface area contributed by atoms with Crippen LogP contribution in [0.5, 0.6) is 5.75 Å². The first-order valence-electron chi connectivity index (χ1n) is 15.2. The molecule has 0 unspecified atom stereocenters. The second-order valence-electron chi connectivity index (χ2n) is 12.4. The number of benzene rings is 1. The quantitative estimate of drug-likeness (QED) is 0.373. The summed E-state index contributed by atoms with van der Waals surface area (Å²) >= 11 is 0. The number of amides is 3. The Labute approximate surface area is 266 Å². The molecule has 2 saturated heterocycles. The number of methoxy groups -OCH3 is 1. The van der Waals surface area contributed by atoms with Crippen LogP contribution in [0.15, 0.2) is 31.0 Å². The second-order valence-corrected chi connectivity index (χ2v) is 12.4. The largest absolute Gasteiger partial charge is 0.494 e. The van der Waals surface area contributed by atoms with E-state index in [4.69, 9.17) is 9.47 Å². The molecule has 2 atom stereocenters. The number of nitrogens with one attached hydrogen (secondary N) is 2. The van der Waals surface area contributed by atoms with Crippen LogP contribution in [0.3, 0.4) is 0 Å². The van der Waals surface area contributed by atoms with Crippen molar-refractivity contribution in [1.82, 2.24) is 19.8 Å². The Bertz CT molecular complexity index is 1480. The molecule has 12 nitrogen and oxygen atoms in total. The van der Waals surface area contributed by atoms with E-state index in [-0.39, 0.29) is 24.2 Å². The van der Waals surface area contributed by atoms with Crippen molar-refractivity contribution < 1.29 is 32.2 Å². The lowest BCUT2D eigenvalue weighted by atomic mass is 9.89. The van der Waals surface area contributed by atoms with Gasteiger partial charge in [0.25, 0.3) is 0 Å². The van der Waals surface area contributed by atoms with Crippen molar-refractivity contribution in [1.29, 1.82) is 0 Å². The molecule has 15 heteroatoms. The van der Waals surface area contributed by atoms with Crippen LogP contribution >= 0.6 is 0 Å². The first kappa shape index (κ1) is 33.3. The monoisotopic (exact) mass is 646 g/mol. The number of halogens is 3. The van der Waals surface area contributed by atoms with Gasteiger partial charge in [-0.05, 0) is 59.3 Å². The van der Waals surface area contributed by atoms with Gasteiger partial charge in [-0.15, -0.1) is 0 Å². The van der Waals surface area contributed by atoms with Crippen LogP contribution in [0.4, 0.5) is 46.8 Å². The molecule has 4 heterocycles. The number of hydrogen-bond acceptors (Lipinski definition) is 9. The van der Waals surface area contributed by atoms with Crippen LogP contribution < -0.4 is 25.2 Å². The highest BCUT2D eigenvalue weighted by Gasteiger charge is 2.50. The van der Waals surface area contributed by atoms with Crippen molar-refractivity contribution in [3.63, 3.8) is 0 Å². The number of anilines is 5. The summed E-state index contributed by atoms with van der Waals surface area (Å²) < 4.78 is 52.7. The molecule has 0 spiro atoms. The maximum atomic E-state index is 13.8. The fraction of sp³-hybridized carbons (Fsp3) is 0.548. The number of alkyl halides is 3. The van der Waals surface area contributed by atoms with Crippen LogP contribution in [0.1, 0.15) is 38.7 Å². The Kier molecular flexibility index (Phi) is 9.36. The maximum absolute atomic E-state index is 13.8. The zero-order valence-corrected chi connectivity index (χ0v) is 26.8. The average Bonchev–Trinajstić information content (AvgIpc) is 3.51. The Morgan fingerprint density at radius 1 is 1.26 bits per heavy atom. The van der Waals surface area contributed by atoms with Crippen LogP contribution in [0.25, 0.3) is 0 Å². The van der Waals surface area contributed by atoms with E-state index in [0.717, 1.165) is 37.0 Å². The summed E-state index contributed by atoms with van der Waals surface area (Å²) in [5, 5.41) is 6.04. The standard InChI is InChI=1S/C31H41F3N8O4/c1-7-26(43)36-22-14-23(25(45-6)15-24(22)40-11-8-21(18-40)39(4)5)37-28-35-16-20-17-41(19(2)31(32,33)34)29(44)42(27(20)38-28)30(3)9-12-46-13-10-30/h7,14-16,19,21H,1,8-13,17-18H2,2-6H3,(H,36,43)(H,35,37,38)/t19-,21+/m0/s1. The predicted octanol–water partition coefficient (Wildman–Crippen LogP) is 4.76. The highest BCUT2D eigenvalue weighted by atomic mass is 19.4. The number of hydrogen-bond donors (Lipinski definition) is 2. The first-order chi connectivity index (χ1) is 21.8. The fourth-order valence-electron chi connectivity index (χ4n) is 6.12. The summed E-state index contributed by atoms with van der Waals surface area (Å²) in [6.07, 6.45) is -0.187. The van der Waals surface area contributed by atoms with E-state index in [1.54, 1.807) is 6.07 Å². The number of carbonyl (C=O) groups excluding carboxylic acids is 2. The number of likely N-dealkylation sites (N-methyl/N-ethyl adjacent to an activating group) is 1. The van der Waals surface area contributed by atoms with Crippen molar-refractivity contribution in [3.05, 3.63) is 36.5 Å². The number of nitrogens with zero attached hydrogens (tertiary/aromatic N) is 6. The molecule has 2 fully saturated rings. The second kappa shape index (κ2) is 12.9. The smallest absolute Gasteiger partial charge is 0.408 e. The molecule has 5 rings (SSSR count). The third-order valence-electron chi connectivity index (χ3n) is 9.12. The lowest BCUT2D eigenvalue weighted by molar-refractivity contribution is -0.172. The van der Waals surface area contributed by atoms with Gasteiger partial charge in [-0.2, -0.15) is 18.2 Å². The average molecular weight is 647 g/mol. The van der Waals surface area contributed by atoms with E-state index in [0.29, 0.717) is 54.8 Å². The third kappa shape index (κ3) is 6.56. The molecule has 2 aromatic rings. The van der Waals surface area contributed by atoms with Crippen molar-refractivity contribution in [2.24, 2.45) is 0 Å². The van der Waals surface area contributed by atoms with Gasteiger partial charge in [0.2, 0.25) is 11.9 Å². The van der Waals surface area contributed by atoms with Gasteiger partial charge in [0.1, 0.15) is 17.6 Å². The molecule has 3 amide bonds. The number of carbonyl (C=O) groups is 2. The molecule has 0 bridgehead atoms. The highest BCUT2D eigenvalue weighted by molar-refractivity contribution is 6.02. The number of aromatic nitrogens is 2. The van der Waals surface area contributed by atoms with Gasteiger partial charge in [0.05, 0.1) is 36.3 Å². The van der Waals surface area contributed by atoms with Crippen LogP contribution in [0, 0.1) is 0 Å². The first-order valence-corrected chi connectivity index (χ1v) is 15.2. The Morgan fingerprint density at radius 2 is 1.98 bits per heavy atom. The van der Waals surface area contributed by atoms with E-state index in [1.807, 2.05) is 27.1 Å². The summed E-state index contributed by atoms with van der Waals surface area (Å²) in [6.45, 7) is 8.34. The normalized spacial score (nSPS) is 20.4. The maximum Gasteiger partial charge on any atom is 0.408 e. The molecule has 0 aliphatic carbocycles. The van der Waals surface area contributed by atoms with Gasteiger partial charge in [0.15, 0.2) is 0 Å². The van der Waals surface area contributed by atoms with Crippen molar-refractivity contribution in [3.8, 4) is 5.75 Å². The predicted molar refractivity (Wildman–Crippen MR) is 169 cm³/mol. The molecule has 0 saturated carbocycles. The lowest BCUT2D eigenvalue weighted by Gasteiger charge is -2.49. The van der Waals surface area contributed by atoms with Crippen molar-refractivity contribution in [2.45, 2.75) is 63.5 Å². The molecule has 2 N–H and O–H groups in total. The lowest BCUT2D eigenvalue weighted by Crippen LogP contribution is -2.62. The van der Waals surface area contributed by atoms with Gasteiger partial charge in [-0.3, -0.25) is 9.69 Å². The van der Waals surface area contributed by atoms with E-state index < -0.39 is 23.8 Å². The minimum atomic E-state index is -4.61. The van der Waals surface area contributed by atoms with Crippen LogP contribution in [0.2, 0.25) is 0 Å². The molecule has 46 heavy (non-hydrogen) atoms. The number of urea groups is 1. The topological polar surface area (TPSA) is 115 Å². The zero-order chi connectivity index (χ0) is 33.4. The number of rotatable bonds is 9. The van der Waals surface area contributed by atoms with Gasteiger partial charge in [-0.1, -0.05) is 6.58 Å². The highest BCUT2D eigenvalue weighted by Crippen LogP contribution is 2.42. The molecular weight excluding hydrogens is 605 g/mol. The molecular formula is C31H41F3N8O4. The summed E-state index contributed by atoms with van der Waals surface area (Å²) in [6, 6.07) is 1.11. The van der Waals surface area contributed by atoms with Crippen molar-refractivity contribution >= 4 is 40.8 Å². The summed E-state index contributed by atoms with van der Waals surface area (Å²) in [4.78, 5) is 41.9. The molecule has 1 aromatic heterocycles. The summed E-state index contributed by atoms with van der Waals surface area (Å²) in [5.41, 5.74) is 1.29. The van der Waals surface area contributed by atoms with Gasteiger partial charge in [0, 0.05) is 50.2 Å². The molecule has 0 radical (unpaired) electrons. The Balaban J connectivity index is 1.53. The number of fused-ring (bicyclic) bond motifs is 1. The fourth-order valence-corrected chi connectivity index (χ4v) is 6.12. The summed E-state index contributed by atoms with van der Waals surface area (Å²) in [7, 11) is 5.59. The van der Waals surface area contributed by atoms with Crippen LogP contribution in [-0.2, 0) is 16.1 Å². The molecule has 3 aliphatic rings. The van der Waals surface area contributed by atoms with E-state index >= 15 is 0 Å². The van der Waals surface area contributed by atoms with Gasteiger partial charge < -0.3 is 34.8 Å². The SMILES string of the molecule is C=CC(=O)Nc1cc(Nc2ncc3c(n2)N(C2(C)CCOCC2)C(=O)N([C@@H](C)C(F)(F)F)C3)c(OC)cc1N1CC[C@@H](N(C)C)C1. The summed E-state index contributed by atoms with van der Waals surface area (Å²) in [5.74, 6) is 0.406.